The first kappa shape index (κ1) is 13.4. The van der Waals surface area contributed by atoms with E-state index in [4.69, 9.17) is 5.73 Å². The van der Waals surface area contributed by atoms with Gasteiger partial charge < -0.3 is 16.0 Å². The van der Waals surface area contributed by atoms with Gasteiger partial charge in [-0.3, -0.25) is 4.79 Å². The summed E-state index contributed by atoms with van der Waals surface area (Å²) in [5.74, 6) is 0.443. The van der Waals surface area contributed by atoms with Gasteiger partial charge in [-0.2, -0.15) is 0 Å². The van der Waals surface area contributed by atoms with Crippen LogP contribution < -0.4 is 11.1 Å². The number of likely N-dealkylation sites (N-methyl/N-ethyl adjacent to an activating group) is 1. The molecule has 84 valence electrons. The van der Waals surface area contributed by atoms with E-state index in [1.165, 1.54) is 0 Å². The lowest BCUT2D eigenvalue weighted by molar-refractivity contribution is -0.122. The van der Waals surface area contributed by atoms with Crippen molar-refractivity contribution in [2.75, 3.05) is 33.7 Å². The Morgan fingerprint density at radius 2 is 2.14 bits per heavy atom. The van der Waals surface area contributed by atoms with Gasteiger partial charge in [0.05, 0.1) is 0 Å². The number of hydrogen-bond donors (Lipinski definition) is 2. The molecule has 0 aromatic heterocycles. The normalized spacial score (nSPS) is 12.9. The van der Waals surface area contributed by atoms with Gasteiger partial charge in [0.2, 0.25) is 5.91 Å². The maximum absolute atomic E-state index is 11.4. The molecular weight excluding hydrogens is 178 g/mol. The molecule has 0 saturated heterocycles. The Hall–Kier alpha value is -0.610. The summed E-state index contributed by atoms with van der Waals surface area (Å²) in [5, 5.41) is 2.88. The zero-order valence-electron chi connectivity index (χ0n) is 9.55. The number of hydrogen-bond acceptors (Lipinski definition) is 3. The van der Waals surface area contributed by atoms with E-state index >= 15 is 0 Å². The minimum Gasteiger partial charge on any atom is -0.355 e. The first-order valence-corrected chi connectivity index (χ1v) is 5.21. The minimum atomic E-state index is 0.115. The highest BCUT2D eigenvalue weighted by Crippen LogP contribution is 2.04. The second-order valence-electron chi connectivity index (χ2n) is 3.87. The first-order chi connectivity index (χ1) is 6.60. The maximum Gasteiger partial charge on any atom is 0.220 e. The summed E-state index contributed by atoms with van der Waals surface area (Å²) in [6.45, 7) is 4.25. The molecular formula is C10H23N3O. The molecule has 4 heteroatoms. The average molecular weight is 201 g/mol. The maximum atomic E-state index is 11.4. The van der Waals surface area contributed by atoms with Crippen LogP contribution in [0.15, 0.2) is 0 Å². The Morgan fingerprint density at radius 3 is 2.57 bits per heavy atom. The van der Waals surface area contributed by atoms with Crippen molar-refractivity contribution in [3.8, 4) is 0 Å². The Kier molecular flexibility index (Phi) is 7.42. The Balaban J connectivity index is 3.54. The van der Waals surface area contributed by atoms with E-state index in [-0.39, 0.29) is 5.91 Å². The molecule has 1 unspecified atom stereocenters. The molecule has 1 amide bonds. The number of carbonyl (C=O) groups excluding carboxylic acids is 1. The highest BCUT2D eigenvalue weighted by Gasteiger charge is 2.09. The van der Waals surface area contributed by atoms with Gasteiger partial charge >= 0.3 is 0 Å². The van der Waals surface area contributed by atoms with Gasteiger partial charge in [-0.1, -0.05) is 13.3 Å². The first-order valence-electron chi connectivity index (χ1n) is 5.21. The summed E-state index contributed by atoms with van der Waals surface area (Å²) in [6.07, 6.45) is 1.53. The quantitative estimate of drug-likeness (QED) is 0.611. The van der Waals surface area contributed by atoms with Crippen molar-refractivity contribution >= 4 is 5.91 Å². The fourth-order valence-electron chi connectivity index (χ4n) is 1.15. The van der Waals surface area contributed by atoms with E-state index in [0.29, 0.717) is 25.4 Å². The fourth-order valence-corrected chi connectivity index (χ4v) is 1.15. The van der Waals surface area contributed by atoms with Crippen LogP contribution in [-0.4, -0.2) is 44.5 Å². The van der Waals surface area contributed by atoms with E-state index in [0.717, 1.165) is 13.0 Å². The van der Waals surface area contributed by atoms with Crippen LogP contribution in [0.3, 0.4) is 0 Å². The van der Waals surface area contributed by atoms with Crippen LogP contribution in [-0.2, 0) is 4.79 Å². The van der Waals surface area contributed by atoms with Crippen molar-refractivity contribution in [2.24, 2.45) is 11.7 Å². The lowest BCUT2D eigenvalue weighted by Crippen LogP contribution is -2.33. The molecule has 0 saturated carbocycles. The molecule has 4 nitrogen and oxygen atoms in total. The third-order valence-corrected chi connectivity index (χ3v) is 2.27. The second kappa shape index (κ2) is 7.76. The van der Waals surface area contributed by atoms with Crippen LogP contribution in [0.2, 0.25) is 0 Å². The number of nitrogens with zero attached hydrogens (tertiary/aromatic N) is 1. The number of amides is 1. The largest absolute Gasteiger partial charge is 0.355 e. The van der Waals surface area contributed by atoms with Crippen LogP contribution in [0.4, 0.5) is 0 Å². The van der Waals surface area contributed by atoms with E-state index < -0.39 is 0 Å². The molecule has 1 atom stereocenters. The van der Waals surface area contributed by atoms with Gasteiger partial charge in [-0.25, -0.2) is 0 Å². The molecule has 3 N–H and O–H groups in total. The van der Waals surface area contributed by atoms with Gasteiger partial charge in [-0.15, -0.1) is 0 Å². The van der Waals surface area contributed by atoms with E-state index in [1.807, 2.05) is 19.0 Å². The Labute approximate surface area is 86.8 Å². The van der Waals surface area contributed by atoms with Crippen LogP contribution >= 0.6 is 0 Å². The number of carbonyl (C=O) groups is 1. The monoisotopic (exact) mass is 201 g/mol. The van der Waals surface area contributed by atoms with Crippen LogP contribution in [0.1, 0.15) is 19.8 Å². The van der Waals surface area contributed by atoms with Crippen molar-refractivity contribution in [1.29, 1.82) is 0 Å². The molecule has 0 fully saturated rings. The summed E-state index contributed by atoms with van der Waals surface area (Å²) in [6, 6.07) is 0. The summed E-state index contributed by atoms with van der Waals surface area (Å²) in [5.41, 5.74) is 5.52. The molecule has 0 aromatic carbocycles. The topological polar surface area (TPSA) is 58.4 Å². The van der Waals surface area contributed by atoms with Crippen LogP contribution in [0, 0.1) is 5.92 Å². The van der Waals surface area contributed by atoms with Gasteiger partial charge in [0.15, 0.2) is 0 Å². The average Bonchev–Trinajstić information content (AvgIpc) is 2.13. The van der Waals surface area contributed by atoms with Crippen molar-refractivity contribution in [3.05, 3.63) is 0 Å². The summed E-state index contributed by atoms with van der Waals surface area (Å²) < 4.78 is 0. The van der Waals surface area contributed by atoms with Gasteiger partial charge in [0.1, 0.15) is 0 Å². The van der Waals surface area contributed by atoms with Crippen molar-refractivity contribution in [3.63, 3.8) is 0 Å². The molecule has 0 aliphatic carbocycles. The van der Waals surface area contributed by atoms with Gasteiger partial charge in [0.25, 0.3) is 0 Å². The third-order valence-electron chi connectivity index (χ3n) is 2.27. The highest BCUT2D eigenvalue weighted by molar-refractivity contribution is 5.76. The lowest BCUT2D eigenvalue weighted by Gasteiger charge is -2.13. The second-order valence-corrected chi connectivity index (χ2v) is 3.87. The molecule has 0 rings (SSSR count). The predicted octanol–water partition coefficient (Wildman–Crippen LogP) is 0.0392. The molecule has 0 spiro atoms. The van der Waals surface area contributed by atoms with E-state index in [9.17, 15) is 4.79 Å². The van der Waals surface area contributed by atoms with Gasteiger partial charge in [0, 0.05) is 19.5 Å². The summed E-state index contributed by atoms with van der Waals surface area (Å²) >= 11 is 0. The van der Waals surface area contributed by atoms with Crippen LogP contribution in [0.5, 0.6) is 0 Å². The zero-order chi connectivity index (χ0) is 11.0. The van der Waals surface area contributed by atoms with Gasteiger partial charge in [-0.05, 0) is 26.6 Å². The summed E-state index contributed by atoms with van der Waals surface area (Å²) in [7, 11) is 3.97. The van der Waals surface area contributed by atoms with E-state index in [1.54, 1.807) is 0 Å². The standard InChI is InChI=1S/C10H23N3O/c1-4-9(8-11)7-10(14)12-5-6-13(2)3/h9H,4-8,11H2,1-3H3,(H,12,14). The predicted molar refractivity (Wildman–Crippen MR) is 59.0 cm³/mol. The smallest absolute Gasteiger partial charge is 0.220 e. The molecule has 0 aliphatic heterocycles. The lowest BCUT2D eigenvalue weighted by atomic mass is 10.0. The zero-order valence-corrected chi connectivity index (χ0v) is 9.55. The molecule has 0 aromatic rings. The fraction of sp³-hybridized carbons (Fsp3) is 0.900. The Morgan fingerprint density at radius 1 is 1.50 bits per heavy atom. The van der Waals surface area contributed by atoms with Crippen molar-refractivity contribution in [1.82, 2.24) is 10.2 Å². The molecule has 0 heterocycles. The van der Waals surface area contributed by atoms with Crippen LogP contribution in [0.25, 0.3) is 0 Å². The van der Waals surface area contributed by atoms with Crippen molar-refractivity contribution in [2.45, 2.75) is 19.8 Å². The highest BCUT2D eigenvalue weighted by atomic mass is 16.1. The summed E-state index contributed by atoms with van der Waals surface area (Å²) in [4.78, 5) is 13.4. The minimum absolute atomic E-state index is 0.115. The third kappa shape index (κ3) is 6.86. The number of nitrogens with one attached hydrogen (secondary N) is 1. The SMILES string of the molecule is CCC(CN)CC(=O)NCCN(C)C. The Bertz CT molecular complexity index is 155. The molecule has 0 radical (unpaired) electrons. The molecule has 0 bridgehead atoms. The number of nitrogens with two attached hydrogens (primary N) is 1. The van der Waals surface area contributed by atoms with Crippen molar-refractivity contribution < 1.29 is 4.79 Å². The number of rotatable bonds is 7. The molecule has 0 aliphatic rings. The molecule has 14 heavy (non-hydrogen) atoms. The van der Waals surface area contributed by atoms with E-state index in [2.05, 4.69) is 12.2 Å².